The molecule has 2 aromatic carbocycles. The van der Waals surface area contributed by atoms with Gasteiger partial charge in [0, 0.05) is 34.4 Å². The van der Waals surface area contributed by atoms with Crippen molar-refractivity contribution in [1.82, 2.24) is 0 Å². The molecule has 3 nitrogen and oxygen atoms in total. The Hall–Kier alpha value is -3.49. The van der Waals surface area contributed by atoms with Crippen molar-refractivity contribution in [1.29, 1.82) is 0 Å². The molecule has 206 valence electrons. The van der Waals surface area contributed by atoms with Crippen molar-refractivity contribution in [2.24, 2.45) is 4.99 Å². The molecule has 1 aliphatic heterocycles. The third-order valence-corrected chi connectivity index (χ3v) is 7.04. The Bertz CT molecular complexity index is 1410. The number of anilines is 2. The Balaban J connectivity index is 1.57. The second-order valence-electron chi connectivity index (χ2n) is 10.0. The predicted octanol–water partition coefficient (Wildman–Crippen LogP) is 10.0. The van der Waals surface area contributed by atoms with Gasteiger partial charge >= 0.3 is 12.4 Å². The van der Waals surface area contributed by atoms with Crippen molar-refractivity contribution >= 4 is 28.3 Å². The van der Waals surface area contributed by atoms with Gasteiger partial charge in [-0.15, -0.1) is 0 Å². The average molecular weight is 546 g/mol. The number of allylic oxidation sites excluding steroid dienone is 3. The molecule has 5 rings (SSSR count). The molecule has 0 bridgehead atoms. The average Bonchev–Trinajstić information content (AvgIpc) is 3.79. The molecule has 2 saturated carbocycles. The first-order valence-corrected chi connectivity index (χ1v) is 13.2. The van der Waals surface area contributed by atoms with E-state index in [1.54, 1.807) is 18.3 Å². The maximum Gasteiger partial charge on any atom is 0.418 e. The molecule has 2 N–H and O–H groups in total. The van der Waals surface area contributed by atoms with Crippen LogP contribution >= 0.6 is 0 Å². The number of benzene rings is 2. The summed E-state index contributed by atoms with van der Waals surface area (Å²) in [5.41, 5.74) is 2.76. The van der Waals surface area contributed by atoms with Crippen LogP contribution in [0.25, 0.3) is 5.57 Å². The highest BCUT2D eigenvalue weighted by Gasteiger charge is 2.40. The van der Waals surface area contributed by atoms with Crippen molar-refractivity contribution in [2.75, 3.05) is 10.6 Å². The quantitative estimate of drug-likeness (QED) is 0.268. The standard InChI is InChI=1S/C30H29F6N3/c1-3-6-19(4-2)38-20-13-14-24(23(15-20)30(34,35)36)39-28(18-11-12-18)21-16-37-25-8-5-7-22(29(31,32)33)27(25)26(21)17-9-10-17/h5,7-8,13-16,37,39H,3-4,6,9-12H2,1-2H3. The van der Waals surface area contributed by atoms with Crippen molar-refractivity contribution in [3.05, 3.63) is 81.7 Å². The molecule has 0 saturated heterocycles. The number of aliphatic imine (C=N–C) groups is 1. The molecular weight excluding hydrogens is 516 g/mol. The van der Waals surface area contributed by atoms with Gasteiger partial charge in [-0.05, 0) is 80.0 Å². The largest absolute Gasteiger partial charge is 0.418 e. The van der Waals surface area contributed by atoms with E-state index in [2.05, 4.69) is 15.6 Å². The van der Waals surface area contributed by atoms with Crippen LogP contribution in [0.2, 0.25) is 0 Å². The summed E-state index contributed by atoms with van der Waals surface area (Å²) < 4.78 is 84.8. The van der Waals surface area contributed by atoms with Gasteiger partial charge in [0.15, 0.2) is 0 Å². The Morgan fingerprint density at radius 3 is 2.23 bits per heavy atom. The van der Waals surface area contributed by atoms with Crippen LogP contribution in [-0.4, -0.2) is 5.71 Å². The van der Waals surface area contributed by atoms with Gasteiger partial charge in [-0.1, -0.05) is 31.9 Å². The summed E-state index contributed by atoms with van der Waals surface area (Å²) in [6, 6.07) is 7.93. The minimum absolute atomic E-state index is 0.0549. The van der Waals surface area contributed by atoms with E-state index in [1.807, 2.05) is 13.8 Å². The normalized spacial score (nSPS) is 17.0. The van der Waals surface area contributed by atoms with Gasteiger partial charge in [-0.25, -0.2) is 0 Å². The highest BCUT2D eigenvalue weighted by Crippen LogP contribution is 2.52. The summed E-state index contributed by atoms with van der Waals surface area (Å²) >= 11 is 0. The molecule has 1 heterocycles. The zero-order chi connectivity index (χ0) is 27.9. The smallest absolute Gasteiger partial charge is 0.360 e. The third kappa shape index (κ3) is 5.77. The van der Waals surface area contributed by atoms with E-state index >= 15 is 0 Å². The van der Waals surface area contributed by atoms with Crippen LogP contribution in [0.1, 0.15) is 75.5 Å². The molecule has 2 aliphatic carbocycles. The van der Waals surface area contributed by atoms with Crippen LogP contribution < -0.4 is 10.6 Å². The number of halogens is 6. The third-order valence-electron chi connectivity index (χ3n) is 7.04. The lowest BCUT2D eigenvalue weighted by Crippen LogP contribution is -2.18. The van der Waals surface area contributed by atoms with E-state index in [1.165, 1.54) is 12.1 Å². The second-order valence-corrected chi connectivity index (χ2v) is 10.0. The number of fused-ring (bicyclic) bond motifs is 1. The van der Waals surface area contributed by atoms with Gasteiger partial charge in [-0.2, -0.15) is 26.3 Å². The lowest BCUT2D eigenvalue weighted by Gasteiger charge is -2.28. The number of rotatable bonds is 7. The number of alkyl halides is 6. The van der Waals surface area contributed by atoms with Gasteiger partial charge in [0.25, 0.3) is 0 Å². The predicted molar refractivity (Wildman–Crippen MR) is 143 cm³/mol. The number of hydrogen-bond acceptors (Lipinski definition) is 3. The Morgan fingerprint density at radius 2 is 1.64 bits per heavy atom. The summed E-state index contributed by atoms with van der Waals surface area (Å²) in [7, 11) is 0. The van der Waals surface area contributed by atoms with E-state index in [4.69, 9.17) is 0 Å². The molecule has 0 radical (unpaired) electrons. The number of nitrogens with one attached hydrogen (secondary N) is 2. The molecule has 2 aromatic rings. The second kappa shape index (κ2) is 10.2. The van der Waals surface area contributed by atoms with Crippen LogP contribution in [0.15, 0.2) is 70.0 Å². The maximum absolute atomic E-state index is 14.2. The highest BCUT2D eigenvalue weighted by atomic mass is 19.4. The lowest BCUT2D eigenvalue weighted by molar-refractivity contribution is -0.138. The van der Waals surface area contributed by atoms with Gasteiger partial charge in [0.1, 0.15) is 0 Å². The van der Waals surface area contributed by atoms with E-state index in [0.717, 1.165) is 35.4 Å². The lowest BCUT2D eigenvalue weighted by atomic mass is 9.87. The van der Waals surface area contributed by atoms with Crippen molar-refractivity contribution in [3.8, 4) is 0 Å². The maximum atomic E-state index is 14.2. The zero-order valence-electron chi connectivity index (χ0n) is 21.7. The van der Waals surface area contributed by atoms with E-state index in [0.29, 0.717) is 61.1 Å². The summed E-state index contributed by atoms with van der Waals surface area (Å²) in [6.45, 7) is 3.91. The molecule has 0 atom stereocenters. The summed E-state index contributed by atoms with van der Waals surface area (Å²) in [5, 5.41) is 5.96. The fourth-order valence-corrected chi connectivity index (χ4v) is 4.93. The SMILES string of the molecule is CCCC(CC)=Nc1ccc(NC(C2=CNc3cccc(C(F)(F)F)c3C2=C2CC2)=C2CC2)c(C(F)(F)F)c1. The van der Waals surface area contributed by atoms with Crippen molar-refractivity contribution < 1.29 is 26.3 Å². The number of hydrogen-bond donors (Lipinski definition) is 2. The van der Waals surface area contributed by atoms with Crippen LogP contribution in [0.4, 0.5) is 43.4 Å². The van der Waals surface area contributed by atoms with Crippen LogP contribution in [0.5, 0.6) is 0 Å². The fraction of sp³-hybridized carbons (Fsp3) is 0.367. The van der Waals surface area contributed by atoms with Crippen LogP contribution in [0, 0.1) is 0 Å². The van der Waals surface area contributed by atoms with Gasteiger partial charge in [0.2, 0.25) is 0 Å². The van der Waals surface area contributed by atoms with E-state index in [-0.39, 0.29) is 16.9 Å². The molecule has 9 heteroatoms. The summed E-state index contributed by atoms with van der Waals surface area (Å²) in [4.78, 5) is 4.44. The Kier molecular flexibility index (Phi) is 7.11. The van der Waals surface area contributed by atoms with Gasteiger partial charge < -0.3 is 10.6 Å². The molecule has 3 aliphatic rings. The molecule has 2 fully saturated rings. The first-order valence-electron chi connectivity index (χ1n) is 13.2. The first kappa shape index (κ1) is 27.1. The Labute approximate surface area is 223 Å². The summed E-state index contributed by atoms with van der Waals surface area (Å²) in [5.74, 6) is 0. The Morgan fingerprint density at radius 1 is 0.923 bits per heavy atom. The minimum atomic E-state index is -4.66. The van der Waals surface area contributed by atoms with Crippen molar-refractivity contribution in [3.63, 3.8) is 0 Å². The van der Waals surface area contributed by atoms with Crippen LogP contribution in [-0.2, 0) is 12.4 Å². The van der Waals surface area contributed by atoms with Gasteiger partial charge in [-0.3, -0.25) is 4.99 Å². The monoisotopic (exact) mass is 545 g/mol. The fourth-order valence-electron chi connectivity index (χ4n) is 4.93. The van der Waals surface area contributed by atoms with Crippen molar-refractivity contribution in [2.45, 2.75) is 71.1 Å². The molecule has 0 spiro atoms. The number of nitrogens with zero attached hydrogens (tertiary/aromatic N) is 1. The summed E-state index contributed by atoms with van der Waals surface area (Å²) in [6.07, 6.45) is -2.80. The highest BCUT2D eigenvalue weighted by molar-refractivity contribution is 5.97. The molecule has 0 amide bonds. The topological polar surface area (TPSA) is 36.4 Å². The zero-order valence-corrected chi connectivity index (χ0v) is 21.7. The minimum Gasteiger partial charge on any atom is -0.360 e. The van der Waals surface area contributed by atoms with E-state index < -0.39 is 23.5 Å². The molecule has 0 aromatic heterocycles. The molecular formula is C30H29F6N3. The first-order chi connectivity index (χ1) is 18.5. The van der Waals surface area contributed by atoms with E-state index in [9.17, 15) is 26.3 Å². The van der Waals surface area contributed by atoms with Gasteiger partial charge in [0.05, 0.1) is 22.5 Å². The molecule has 39 heavy (non-hydrogen) atoms. The van der Waals surface area contributed by atoms with Crippen LogP contribution in [0.3, 0.4) is 0 Å². The molecule has 0 unspecified atom stereocenters.